The molecule has 0 N–H and O–H groups in total. The van der Waals surface area contributed by atoms with Gasteiger partial charge in [0, 0.05) is 12.3 Å². The van der Waals surface area contributed by atoms with Crippen molar-refractivity contribution in [1.29, 1.82) is 0 Å². The van der Waals surface area contributed by atoms with Crippen LogP contribution < -0.4 is 4.74 Å². The minimum atomic E-state index is -0.420. The Hall–Kier alpha value is -2.95. The monoisotopic (exact) mass is 266 g/mol. The summed E-state index contributed by atoms with van der Waals surface area (Å²) in [5.41, 5.74) is 0.499. The molecule has 0 unspecified atom stereocenters. The van der Waals surface area contributed by atoms with E-state index in [1.807, 2.05) is 30.3 Å². The van der Waals surface area contributed by atoms with Gasteiger partial charge in [-0.2, -0.15) is 0 Å². The van der Waals surface area contributed by atoms with Gasteiger partial charge in [-0.1, -0.05) is 18.2 Å². The molecule has 3 rings (SSSR count). The predicted molar refractivity (Wildman–Crippen MR) is 74.9 cm³/mol. The topological polar surface area (TPSA) is 65.3 Å². The van der Waals surface area contributed by atoms with Crippen LogP contribution in [0.4, 0.5) is 5.69 Å². The molecule has 0 aliphatic heterocycles. The number of non-ortho nitro benzene ring substituents is 1. The van der Waals surface area contributed by atoms with Gasteiger partial charge in [0.1, 0.15) is 11.3 Å². The number of aromatic nitrogens is 1. The molecule has 2 aromatic carbocycles. The van der Waals surface area contributed by atoms with Crippen molar-refractivity contribution in [2.45, 2.75) is 0 Å². The number of benzene rings is 2. The van der Waals surface area contributed by atoms with Crippen LogP contribution >= 0.6 is 0 Å². The number of nitrogens with zero attached hydrogens (tertiary/aromatic N) is 2. The van der Waals surface area contributed by atoms with Gasteiger partial charge in [0.25, 0.3) is 5.69 Å². The molecule has 5 nitrogen and oxygen atoms in total. The number of rotatable bonds is 3. The number of nitro groups is 1. The number of nitro benzene ring substituents is 1. The molecule has 1 aromatic heterocycles. The molecule has 0 aliphatic carbocycles. The van der Waals surface area contributed by atoms with E-state index in [4.69, 9.17) is 4.74 Å². The number of fused-ring (bicyclic) bond motifs is 1. The lowest BCUT2D eigenvalue weighted by molar-refractivity contribution is -0.383. The average Bonchev–Trinajstić information content (AvgIpc) is 2.48. The lowest BCUT2D eigenvalue weighted by Gasteiger charge is -2.08. The second-order valence-electron chi connectivity index (χ2n) is 4.15. The van der Waals surface area contributed by atoms with E-state index in [1.54, 1.807) is 24.4 Å². The highest BCUT2D eigenvalue weighted by Gasteiger charge is 2.15. The largest absolute Gasteiger partial charge is 0.455 e. The minimum Gasteiger partial charge on any atom is -0.455 e. The Labute approximate surface area is 114 Å². The lowest BCUT2D eigenvalue weighted by atomic mass is 10.1. The van der Waals surface area contributed by atoms with Crippen LogP contribution in [0.2, 0.25) is 0 Å². The summed E-state index contributed by atoms with van der Waals surface area (Å²) in [4.78, 5) is 14.8. The lowest BCUT2D eigenvalue weighted by Crippen LogP contribution is -1.93. The first-order chi connectivity index (χ1) is 9.75. The standard InChI is InChI=1S/C15H10N2O3/c18-17(19)13-8-9-14(15-12(13)7-4-10-16-15)20-11-5-2-1-3-6-11/h1-10H. The van der Waals surface area contributed by atoms with Crippen LogP contribution in [0.25, 0.3) is 10.9 Å². The molecule has 0 bridgehead atoms. The summed E-state index contributed by atoms with van der Waals surface area (Å²) in [6.45, 7) is 0. The molecule has 0 radical (unpaired) electrons. The third-order valence-electron chi connectivity index (χ3n) is 2.88. The summed E-state index contributed by atoms with van der Waals surface area (Å²) in [7, 11) is 0. The normalized spacial score (nSPS) is 10.4. The van der Waals surface area contributed by atoms with E-state index in [1.165, 1.54) is 6.07 Å². The van der Waals surface area contributed by atoms with Crippen LogP contribution in [0.5, 0.6) is 11.5 Å². The molecule has 0 spiro atoms. The zero-order valence-electron chi connectivity index (χ0n) is 10.4. The van der Waals surface area contributed by atoms with Gasteiger partial charge in [-0.05, 0) is 30.3 Å². The molecule has 0 saturated carbocycles. The van der Waals surface area contributed by atoms with E-state index in [9.17, 15) is 10.1 Å². The second kappa shape index (κ2) is 4.97. The van der Waals surface area contributed by atoms with Crippen LogP contribution in [0.1, 0.15) is 0 Å². The fraction of sp³-hybridized carbons (Fsp3) is 0. The van der Waals surface area contributed by atoms with Crippen molar-refractivity contribution >= 4 is 16.6 Å². The Bertz CT molecular complexity index is 772. The van der Waals surface area contributed by atoms with Crippen molar-refractivity contribution in [3.8, 4) is 11.5 Å². The molecule has 5 heteroatoms. The highest BCUT2D eigenvalue weighted by Crippen LogP contribution is 2.33. The number of para-hydroxylation sites is 1. The predicted octanol–water partition coefficient (Wildman–Crippen LogP) is 3.94. The van der Waals surface area contributed by atoms with Crippen LogP contribution in [-0.4, -0.2) is 9.91 Å². The summed E-state index contributed by atoms with van der Waals surface area (Å²) in [6.07, 6.45) is 1.59. The molecule has 0 saturated heterocycles. The van der Waals surface area contributed by atoms with Crippen LogP contribution in [0.15, 0.2) is 60.8 Å². The quantitative estimate of drug-likeness (QED) is 0.532. The SMILES string of the molecule is O=[N+]([O-])c1ccc(Oc2ccccc2)c2ncccc12. The van der Waals surface area contributed by atoms with Crippen LogP contribution in [-0.2, 0) is 0 Å². The van der Waals surface area contributed by atoms with Gasteiger partial charge in [-0.25, -0.2) is 0 Å². The van der Waals surface area contributed by atoms with Gasteiger partial charge >= 0.3 is 0 Å². The van der Waals surface area contributed by atoms with Gasteiger partial charge in [-0.15, -0.1) is 0 Å². The maximum Gasteiger partial charge on any atom is 0.279 e. The second-order valence-corrected chi connectivity index (χ2v) is 4.15. The summed E-state index contributed by atoms with van der Waals surface area (Å²) in [5.74, 6) is 1.16. The van der Waals surface area contributed by atoms with E-state index in [0.717, 1.165) is 0 Å². The fourth-order valence-corrected chi connectivity index (χ4v) is 1.99. The Balaban J connectivity index is 2.13. The molecule has 1 heterocycles. The van der Waals surface area contributed by atoms with Gasteiger partial charge in [0.2, 0.25) is 0 Å². The minimum absolute atomic E-state index is 0.0218. The highest BCUT2D eigenvalue weighted by atomic mass is 16.6. The van der Waals surface area contributed by atoms with Gasteiger partial charge in [-0.3, -0.25) is 15.1 Å². The van der Waals surface area contributed by atoms with E-state index < -0.39 is 4.92 Å². The number of ether oxygens (including phenoxy) is 1. The smallest absolute Gasteiger partial charge is 0.279 e. The first kappa shape index (κ1) is 12.1. The van der Waals surface area contributed by atoms with E-state index >= 15 is 0 Å². The third kappa shape index (κ3) is 2.16. The molecule has 0 aliphatic rings. The Morgan fingerprint density at radius 3 is 2.55 bits per heavy atom. The highest BCUT2D eigenvalue weighted by molar-refractivity contribution is 5.92. The first-order valence-electron chi connectivity index (χ1n) is 6.01. The van der Waals surface area contributed by atoms with Crippen molar-refractivity contribution in [2.24, 2.45) is 0 Å². The Morgan fingerprint density at radius 1 is 1.00 bits per heavy atom. The third-order valence-corrected chi connectivity index (χ3v) is 2.88. The molecule has 20 heavy (non-hydrogen) atoms. The van der Waals surface area contributed by atoms with Crippen molar-refractivity contribution < 1.29 is 9.66 Å². The molecule has 0 fully saturated rings. The van der Waals surface area contributed by atoms with E-state index in [2.05, 4.69) is 4.98 Å². The summed E-state index contributed by atoms with van der Waals surface area (Å²) in [6, 6.07) is 15.6. The van der Waals surface area contributed by atoms with Crippen molar-refractivity contribution in [3.05, 3.63) is 70.9 Å². The zero-order valence-corrected chi connectivity index (χ0v) is 10.4. The van der Waals surface area contributed by atoms with Crippen molar-refractivity contribution in [2.75, 3.05) is 0 Å². The molecule has 98 valence electrons. The molecule has 3 aromatic rings. The Kier molecular flexibility index (Phi) is 3.01. The van der Waals surface area contributed by atoms with Gasteiger partial charge in [0.15, 0.2) is 5.75 Å². The molecule has 0 amide bonds. The van der Waals surface area contributed by atoms with Gasteiger partial charge < -0.3 is 4.74 Å². The zero-order chi connectivity index (χ0) is 13.9. The molecular formula is C15H10N2O3. The number of hydrogen-bond acceptors (Lipinski definition) is 4. The van der Waals surface area contributed by atoms with Crippen molar-refractivity contribution in [3.63, 3.8) is 0 Å². The van der Waals surface area contributed by atoms with E-state index in [-0.39, 0.29) is 5.69 Å². The van der Waals surface area contributed by atoms with Gasteiger partial charge in [0.05, 0.1) is 10.3 Å². The number of hydrogen-bond donors (Lipinski definition) is 0. The molecular weight excluding hydrogens is 256 g/mol. The summed E-state index contributed by atoms with van der Waals surface area (Å²) >= 11 is 0. The van der Waals surface area contributed by atoms with Crippen molar-refractivity contribution in [1.82, 2.24) is 4.98 Å². The maximum atomic E-state index is 11.0. The summed E-state index contributed by atoms with van der Waals surface area (Å²) in [5, 5.41) is 11.5. The first-order valence-corrected chi connectivity index (χ1v) is 6.01. The summed E-state index contributed by atoms with van der Waals surface area (Å²) < 4.78 is 5.74. The molecule has 0 atom stereocenters. The average molecular weight is 266 g/mol. The van der Waals surface area contributed by atoms with Crippen LogP contribution in [0, 0.1) is 10.1 Å². The van der Waals surface area contributed by atoms with E-state index in [0.29, 0.717) is 22.4 Å². The number of pyridine rings is 1. The Morgan fingerprint density at radius 2 is 1.80 bits per heavy atom. The van der Waals surface area contributed by atoms with Crippen LogP contribution in [0.3, 0.4) is 0 Å². The fourth-order valence-electron chi connectivity index (χ4n) is 1.99. The maximum absolute atomic E-state index is 11.0.